The lowest BCUT2D eigenvalue weighted by Gasteiger charge is -2.39. The highest BCUT2D eigenvalue weighted by Gasteiger charge is 2.34. The van der Waals surface area contributed by atoms with Crippen LogP contribution in [0.5, 0.6) is 0 Å². The molecule has 0 N–H and O–H groups in total. The van der Waals surface area contributed by atoms with E-state index in [1.165, 1.54) is 19.3 Å². The second-order valence-corrected chi connectivity index (χ2v) is 5.81. The minimum Gasteiger partial charge on any atom is -0.464 e. The highest BCUT2D eigenvalue weighted by molar-refractivity contribution is 5.84. The lowest BCUT2D eigenvalue weighted by Crippen LogP contribution is -2.53. The van der Waals surface area contributed by atoms with Crippen molar-refractivity contribution in [3.8, 4) is 0 Å². The number of esters is 1. The van der Waals surface area contributed by atoms with Crippen LogP contribution in [0.4, 0.5) is 4.79 Å². The average Bonchev–Trinajstić information content (AvgIpc) is 2.49. The van der Waals surface area contributed by atoms with Gasteiger partial charge in [0.2, 0.25) is 0 Å². The molecule has 0 spiro atoms. The summed E-state index contributed by atoms with van der Waals surface area (Å²) < 4.78 is 5.09. The Balaban J connectivity index is 2.12. The fourth-order valence-corrected chi connectivity index (χ4v) is 3.18. The van der Waals surface area contributed by atoms with Crippen LogP contribution >= 0.6 is 0 Å². The molecular formula is C16H26N2O3. The molecule has 1 unspecified atom stereocenters. The molecule has 0 bridgehead atoms. The summed E-state index contributed by atoms with van der Waals surface area (Å²) in [5.41, 5.74) is 0. The third kappa shape index (κ3) is 3.77. The zero-order chi connectivity index (χ0) is 15.2. The number of likely N-dealkylation sites (N-methyl/N-ethyl adjacent to an activating group) is 1. The number of carbonyl (C=O) groups is 2. The van der Waals surface area contributed by atoms with Crippen molar-refractivity contribution in [2.45, 2.75) is 57.5 Å². The largest absolute Gasteiger partial charge is 0.464 e. The van der Waals surface area contributed by atoms with Crippen LogP contribution in [0.1, 0.15) is 45.4 Å². The van der Waals surface area contributed by atoms with E-state index in [9.17, 15) is 9.59 Å². The maximum atomic E-state index is 12.7. The van der Waals surface area contributed by atoms with E-state index in [1.807, 2.05) is 17.1 Å². The summed E-state index contributed by atoms with van der Waals surface area (Å²) in [6.07, 6.45) is 10.3. The zero-order valence-electron chi connectivity index (χ0n) is 13.1. The lowest BCUT2D eigenvalue weighted by molar-refractivity contribution is -0.148. The van der Waals surface area contributed by atoms with Gasteiger partial charge < -0.3 is 14.5 Å². The quantitative estimate of drug-likeness (QED) is 0.594. The molecule has 2 amide bonds. The number of carbonyl (C=O) groups excluding carboxylic acids is 2. The molecule has 0 aromatic heterocycles. The Morgan fingerprint density at radius 1 is 1.29 bits per heavy atom. The summed E-state index contributed by atoms with van der Waals surface area (Å²) in [4.78, 5) is 28.2. The summed E-state index contributed by atoms with van der Waals surface area (Å²) in [5, 5.41) is 0. The third-order valence-electron chi connectivity index (χ3n) is 4.42. The summed E-state index contributed by atoms with van der Waals surface area (Å²) in [5.74, 6) is -0.316. The molecule has 0 aromatic rings. The van der Waals surface area contributed by atoms with E-state index in [-0.39, 0.29) is 12.0 Å². The standard InChI is InChI=1S/C16H26N2O3/c1-3-21-15(19)14-11-7-8-12-18(16(20)17(14)2)13-9-5-4-6-10-13/h7-8,13-14H,3-6,9-12H2,1-2H3/b8-7-. The molecule has 0 radical (unpaired) electrons. The van der Waals surface area contributed by atoms with E-state index >= 15 is 0 Å². The van der Waals surface area contributed by atoms with Crippen LogP contribution in [0, 0.1) is 0 Å². The highest BCUT2D eigenvalue weighted by Crippen LogP contribution is 2.25. The van der Waals surface area contributed by atoms with E-state index in [0.717, 1.165) is 12.8 Å². The number of amides is 2. The van der Waals surface area contributed by atoms with E-state index < -0.39 is 6.04 Å². The number of rotatable bonds is 3. The lowest BCUT2D eigenvalue weighted by atomic mass is 9.94. The Labute approximate surface area is 126 Å². The van der Waals surface area contributed by atoms with Gasteiger partial charge in [-0.15, -0.1) is 0 Å². The number of ether oxygens (including phenoxy) is 1. The van der Waals surface area contributed by atoms with Crippen LogP contribution in [0.2, 0.25) is 0 Å². The molecule has 1 heterocycles. The molecule has 1 aliphatic heterocycles. The van der Waals surface area contributed by atoms with Crippen LogP contribution in [0.3, 0.4) is 0 Å². The van der Waals surface area contributed by atoms with Gasteiger partial charge in [0, 0.05) is 19.6 Å². The van der Waals surface area contributed by atoms with Crippen LogP contribution in [-0.4, -0.2) is 54.1 Å². The van der Waals surface area contributed by atoms with Crippen molar-refractivity contribution >= 4 is 12.0 Å². The van der Waals surface area contributed by atoms with Gasteiger partial charge in [0.05, 0.1) is 6.61 Å². The molecule has 1 atom stereocenters. The molecule has 0 aromatic carbocycles. The fraction of sp³-hybridized carbons (Fsp3) is 0.750. The van der Waals surface area contributed by atoms with Gasteiger partial charge in [-0.05, 0) is 26.2 Å². The smallest absolute Gasteiger partial charge is 0.329 e. The first-order valence-electron chi connectivity index (χ1n) is 8.00. The zero-order valence-corrected chi connectivity index (χ0v) is 13.1. The predicted octanol–water partition coefficient (Wildman–Crippen LogP) is 2.56. The van der Waals surface area contributed by atoms with Gasteiger partial charge in [0.15, 0.2) is 0 Å². The number of hydrogen-bond donors (Lipinski definition) is 0. The minimum absolute atomic E-state index is 0.0516. The van der Waals surface area contributed by atoms with Gasteiger partial charge in [0.1, 0.15) is 6.04 Å². The van der Waals surface area contributed by atoms with E-state index in [2.05, 4.69) is 0 Å². The molecule has 1 aliphatic carbocycles. The fourth-order valence-electron chi connectivity index (χ4n) is 3.18. The van der Waals surface area contributed by atoms with Gasteiger partial charge in [-0.1, -0.05) is 31.4 Å². The Morgan fingerprint density at radius 2 is 2.00 bits per heavy atom. The van der Waals surface area contributed by atoms with Crippen LogP contribution in [0.15, 0.2) is 12.2 Å². The second-order valence-electron chi connectivity index (χ2n) is 5.81. The van der Waals surface area contributed by atoms with E-state index in [0.29, 0.717) is 25.6 Å². The number of urea groups is 1. The van der Waals surface area contributed by atoms with Gasteiger partial charge in [0.25, 0.3) is 0 Å². The molecule has 2 aliphatic rings. The minimum atomic E-state index is -0.514. The van der Waals surface area contributed by atoms with Crippen molar-refractivity contribution in [1.82, 2.24) is 9.80 Å². The van der Waals surface area contributed by atoms with Crippen LogP contribution in [-0.2, 0) is 9.53 Å². The van der Waals surface area contributed by atoms with Crippen molar-refractivity contribution in [2.75, 3.05) is 20.2 Å². The van der Waals surface area contributed by atoms with Gasteiger partial charge >= 0.3 is 12.0 Å². The van der Waals surface area contributed by atoms with Gasteiger partial charge in [-0.2, -0.15) is 0 Å². The van der Waals surface area contributed by atoms with E-state index in [4.69, 9.17) is 4.74 Å². The predicted molar refractivity (Wildman–Crippen MR) is 80.9 cm³/mol. The van der Waals surface area contributed by atoms with E-state index in [1.54, 1.807) is 18.9 Å². The summed E-state index contributed by atoms with van der Waals surface area (Å²) in [6, 6.07) is -0.260. The third-order valence-corrected chi connectivity index (χ3v) is 4.42. The maximum absolute atomic E-state index is 12.7. The first kappa shape index (κ1) is 15.9. The Bertz CT molecular complexity index is 402. The van der Waals surface area contributed by atoms with Crippen molar-refractivity contribution < 1.29 is 14.3 Å². The monoisotopic (exact) mass is 294 g/mol. The normalized spacial score (nSPS) is 26.2. The van der Waals surface area contributed by atoms with Crippen molar-refractivity contribution in [3.05, 3.63) is 12.2 Å². The molecule has 118 valence electrons. The Hall–Kier alpha value is -1.52. The van der Waals surface area contributed by atoms with Crippen molar-refractivity contribution in [2.24, 2.45) is 0 Å². The molecule has 21 heavy (non-hydrogen) atoms. The first-order chi connectivity index (χ1) is 10.1. The van der Waals surface area contributed by atoms with Gasteiger partial charge in [-0.25, -0.2) is 9.59 Å². The molecule has 5 heteroatoms. The molecule has 5 nitrogen and oxygen atoms in total. The molecule has 0 saturated heterocycles. The molecule has 1 fully saturated rings. The highest BCUT2D eigenvalue weighted by atomic mass is 16.5. The van der Waals surface area contributed by atoms with Crippen molar-refractivity contribution in [3.63, 3.8) is 0 Å². The molecular weight excluding hydrogens is 268 g/mol. The number of hydrogen-bond acceptors (Lipinski definition) is 3. The van der Waals surface area contributed by atoms with Gasteiger partial charge in [-0.3, -0.25) is 0 Å². The van der Waals surface area contributed by atoms with Crippen LogP contribution in [0.25, 0.3) is 0 Å². The molecule has 1 saturated carbocycles. The summed E-state index contributed by atoms with van der Waals surface area (Å²) in [6.45, 7) is 2.77. The average molecular weight is 294 g/mol. The second kappa shape index (κ2) is 7.48. The summed E-state index contributed by atoms with van der Waals surface area (Å²) >= 11 is 0. The van der Waals surface area contributed by atoms with Crippen molar-refractivity contribution in [1.29, 1.82) is 0 Å². The number of nitrogens with zero attached hydrogens (tertiary/aromatic N) is 2. The molecule has 2 rings (SSSR count). The first-order valence-corrected chi connectivity index (χ1v) is 8.00. The topological polar surface area (TPSA) is 49.9 Å². The Morgan fingerprint density at radius 3 is 2.67 bits per heavy atom. The van der Waals surface area contributed by atoms with Crippen LogP contribution < -0.4 is 0 Å². The maximum Gasteiger partial charge on any atom is 0.329 e. The summed E-state index contributed by atoms with van der Waals surface area (Å²) in [7, 11) is 1.71. The SMILES string of the molecule is CCOC(=O)C1C/C=C\CN(C2CCCCC2)C(=O)N1C. The Kier molecular flexibility index (Phi) is 5.65.